The third kappa shape index (κ3) is 2.64. The first-order valence-corrected chi connectivity index (χ1v) is 5.91. The molecule has 0 aliphatic carbocycles. The Labute approximate surface area is 102 Å². The molecule has 0 spiro atoms. The molecule has 0 saturated heterocycles. The zero-order valence-corrected chi connectivity index (χ0v) is 9.98. The van der Waals surface area contributed by atoms with Crippen molar-refractivity contribution >= 4 is 10.8 Å². The normalized spacial score (nSPS) is 12.2. The van der Waals surface area contributed by atoms with Gasteiger partial charge in [-0.1, -0.05) is 42.5 Å². The van der Waals surface area contributed by atoms with Gasteiger partial charge in [0.15, 0.2) is 0 Å². The highest BCUT2D eigenvalue weighted by Crippen LogP contribution is 2.23. The lowest BCUT2D eigenvalue weighted by Crippen LogP contribution is -2.19. The molecule has 0 saturated carbocycles. The Bertz CT molecular complexity index is 535. The van der Waals surface area contributed by atoms with E-state index in [0.29, 0.717) is 6.42 Å². The van der Waals surface area contributed by atoms with Crippen molar-refractivity contribution in [1.29, 1.82) is 5.26 Å². The van der Waals surface area contributed by atoms with Crippen molar-refractivity contribution in [2.24, 2.45) is 0 Å². The summed E-state index contributed by atoms with van der Waals surface area (Å²) in [5.74, 6) is 0. The average Bonchev–Trinajstić information content (AvgIpc) is 2.38. The van der Waals surface area contributed by atoms with E-state index in [1.54, 1.807) is 0 Å². The smallest absolute Gasteiger partial charge is 0.0635 e. The fraction of sp³-hybridized carbons (Fsp3) is 0.267. The van der Waals surface area contributed by atoms with Crippen LogP contribution < -0.4 is 5.32 Å². The number of rotatable bonds is 4. The lowest BCUT2D eigenvalue weighted by molar-refractivity contribution is 0.586. The van der Waals surface area contributed by atoms with Crippen LogP contribution in [-0.2, 0) is 0 Å². The van der Waals surface area contributed by atoms with Crippen LogP contribution >= 0.6 is 0 Å². The molecule has 0 unspecified atom stereocenters. The molecule has 0 aliphatic rings. The van der Waals surface area contributed by atoms with Crippen LogP contribution in [0.2, 0.25) is 0 Å². The summed E-state index contributed by atoms with van der Waals surface area (Å²) in [6, 6.07) is 17.2. The van der Waals surface area contributed by atoms with E-state index in [1.165, 1.54) is 16.3 Å². The number of hydrogen-bond donors (Lipinski definition) is 1. The molecule has 2 nitrogen and oxygen atoms in total. The minimum absolute atomic E-state index is 0.273. The van der Waals surface area contributed by atoms with Gasteiger partial charge in [-0.2, -0.15) is 5.26 Å². The second-order valence-corrected chi connectivity index (χ2v) is 4.15. The largest absolute Gasteiger partial charge is 0.309 e. The molecule has 0 bridgehead atoms. The Morgan fingerprint density at radius 1 is 1.18 bits per heavy atom. The van der Waals surface area contributed by atoms with Gasteiger partial charge in [-0.25, -0.2) is 0 Å². The van der Waals surface area contributed by atoms with E-state index in [4.69, 9.17) is 5.26 Å². The highest BCUT2D eigenvalue weighted by atomic mass is 14.9. The summed E-state index contributed by atoms with van der Waals surface area (Å²) < 4.78 is 0. The summed E-state index contributed by atoms with van der Waals surface area (Å²) in [5.41, 5.74) is 1.29. The molecule has 1 N–H and O–H groups in total. The minimum Gasteiger partial charge on any atom is -0.309 e. The Balaban J connectivity index is 2.26. The molecule has 1 atom stereocenters. The topological polar surface area (TPSA) is 35.8 Å². The first-order valence-electron chi connectivity index (χ1n) is 5.91. The van der Waals surface area contributed by atoms with Crippen molar-refractivity contribution in [2.75, 3.05) is 6.54 Å². The molecule has 2 rings (SSSR count). The van der Waals surface area contributed by atoms with Gasteiger partial charge in [-0.05, 0) is 23.3 Å². The third-order valence-electron chi connectivity index (χ3n) is 2.98. The van der Waals surface area contributed by atoms with Crippen LogP contribution in [0.25, 0.3) is 10.8 Å². The van der Waals surface area contributed by atoms with Crippen LogP contribution in [0.15, 0.2) is 42.5 Å². The van der Waals surface area contributed by atoms with Gasteiger partial charge in [-0.15, -0.1) is 0 Å². The molecule has 2 heteroatoms. The Kier molecular flexibility index (Phi) is 3.74. The van der Waals surface area contributed by atoms with E-state index in [9.17, 15) is 0 Å². The van der Waals surface area contributed by atoms with Gasteiger partial charge < -0.3 is 5.32 Å². The Hall–Kier alpha value is -1.85. The molecule has 0 heterocycles. The predicted octanol–water partition coefficient (Wildman–Crippen LogP) is 3.40. The fourth-order valence-corrected chi connectivity index (χ4v) is 2.08. The molecule has 2 aromatic rings. The van der Waals surface area contributed by atoms with Crippen LogP contribution in [0.5, 0.6) is 0 Å². The summed E-state index contributed by atoms with van der Waals surface area (Å²) >= 11 is 0. The second-order valence-electron chi connectivity index (χ2n) is 4.15. The number of nitriles is 1. The molecule has 0 amide bonds. The number of fused-ring (bicyclic) bond motifs is 1. The van der Waals surface area contributed by atoms with E-state index in [2.05, 4.69) is 60.8 Å². The van der Waals surface area contributed by atoms with E-state index in [1.807, 2.05) is 0 Å². The zero-order valence-electron chi connectivity index (χ0n) is 9.98. The van der Waals surface area contributed by atoms with Crippen molar-refractivity contribution in [3.05, 3.63) is 48.0 Å². The summed E-state index contributed by atoms with van der Waals surface area (Å²) in [4.78, 5) is 0. The standard InChI is InChI=1S/C15H16N2/c1-12(17-11-5-10-16)14-9-4-7-13-6-2-3-8-15(13)14/h2-4,6-9,12,17H,5,11H2,1H3/t12-/m1/s1. The predicted molar refractivity (Wildman–Crippen MR) is 70.6 cm³/mol. The van der Waals surface area contributed by atoms with Crippen LogP contribution in [0.4, 0.5) is 0 Å². The van der Waals surface area contributed by atoms with Gasteiger partial charge in [0.05, 0.1) is 6.07 Å². The second kappa shape index (κ2) is 5.47. The average molecular weight is 224 g/mol. The maximum Gasteiger partial charge on any atom is 0.0635 e. The van der Waals surface area contributed by atoms with Gasteiger partial charge >= 0.3 is 0 Å². The SMILES string of the molecule is C[C@@H](NCCC#N)c1cccc2ccccc12. The van der Waals surface area contributed by atoms with Gasteiger partial charge in [0.1, 0.15) is 0 Å². The highest BCUT2D eigenvalue weighted by molar-refractivity contribution is 5.86. The first-order chi connectivity index (χ1) is 8.33. The number of nitrogens with one attached hydrogen (secondary N) is 1. The maximum atomic E-state index is 8.53. The number of benzene rings is 2. The monoisotopic (exact) mass is 224 g/mol. The molecular weight excluding hydrogens is 208 g/mol. The molecule has 0 aromatic heterocycles. The maximum absolute atomic E-state index is 8.53. The zero-order chi connectivity index (χ0) is 12.1. The quantitative estimate of drug-likeness (QED) is 0.808. The molecular formula is C15H16N2. The van der Waals surface area contributed by atoms with Crippen molar-refractivity contribution in [3.8, 4) is 6.07 Å². The molecule has 0 radical (unpaired) electrons. The summed E-state index contributed by atoms with van der Waals surface area (Å²) in [5, 5.41) is 14.4. The van der Waals surface area contributed by atoms with Crippen LogP contribution in [0, 0.1) is 11.3 Å². The van der Waals surface area contributed by atoms with E-state index in [-0.39, 0.29) is 6.04 Å². The van der Waals surface area contributed by atoms with Crippen LogP contribution in [-0.4, -0.2) is 6.54 Å². The lowest BCUT2D eigenvalue weighted by Gasteiger charge is -2.15. The number of nitrogens with zero attached hydrogens (tertiary/aromatic N) is 1. The summed E-state index contributed by atoms with van der Waals surface area (Å²) in [6.45, 7) is 2.88. The Morgan fingerprint density at radius 3 is 2.76 bits per heavy atom. The van der Waals surface area contributed by atoms with Crippen molar-refractivity contribution in [1.82, 2.24) is 5.32 Å². The first kappa shape index (κ1) is 11.6. The molecule has 86 valence electrons. The van der Waals surface area contributed by atoms with Gasteiger partial charge in [0.25, 0.3) is 0 Å². The highest BCUT2D eigenvalue weighted by Gasteiger charge is 2.07. The van der Waals surface area contributed by atoms with Gasteiger partial charge in [0.2, 0.25) is 0 Å². The van der Waals surface area contributed by atoms with Crippen molar-refractivity contribution < 1.29 is 0 Å². The summed E-state index contributed by atoms with van der Waals surface area (Å²) in [6.07, 6.45) is 0.551. The number of hydrogen-bond acceptors (Lipinski definition) is 2. The third-order valence-corrected chi connectivity index (χ3v) is 2.98. The summed E-state index contributed by atoms with van der Waals surface area (Å²) in [7, 11) is 0. The molecule has 0 fully saturated rings. The fourth-order valence-electron chi connectivity index (χ4n) is 2.08. The van der Waals surface area contributed by atoms with E-state index >= 15 is 0 Å². The van der Waals surface area contributed by atoms with Crippen LogP contribution in [0.3, 0.4) is 0 Å². The molecule has 2 aromatic carbocycles. The van der Waals surface area contributed by atoms with Crippen molar-refractivity contribution in [2.45, 2.75) is 19.4 Å². The minimum atomic E-state index is 0.273. The Morgan fingerprint density at radius 2 is 1.94 bits per heavy atom. The van der Waals surface area contributed by atoms with E-state index < -0.39 is 0 Å². The molecule has 0 aliphatic heterocycles. The van der Waals surface area contributed by atoms with Gasteiger partial charge in [0, 0.05) is 19.0 Å². The van der Waals surface area contributed by atoms with Crippen molar-refractivity contribution in [3.63, 3.8) is 0 Å². The van der Waals surface area contributed by atoms with E-state index in [0.717, 1.165) is 6.54 Å². The molecule has 17 heavy (non-hydrogen) atoms. The lowest BCUT2D eigenvalue weighted by atomic mass is 10.00. The van der Waals surface area contributed by atoms with Crippen LogP contribution in [0.1, 0.15) is 24.9 Å². The van der Waals surface area contributed by atoms with Gasteiger partial charge in [-0.3, -0.25) is 0 Å².